The lowest BCUT2D eigenvalue weighted by molar-refractivity contribution is -0.137. The number of halogens is 3. The molecule has 1 N–H and O–H groups in total. The van der Waals surface area contributed by atoms with Crippen LogP contribution in [0.2, 0.25) is 0 Å². The maximum atomic E-state index is 13.5. The zero-order valence-electron chi connectivity index (χ0n) is 18.2. The van der Waals surface area contributed by atoms with Crippen LogP contribution in [0.4, 0.5) is 18.3 Å². The number of nitrogens with zero attached hydrogens (tertiary/aromatic N) is 2. The molecule has 0 saturated heterocycles. The Morgan fingerprint density at radius 2 is 1.94 bits per heavy atom. The van der Waals surface area contributed by atoms with Crippen molar-refractivity contribution in [3.05, 3.63) is 76.8 Å². The number of hydrogen-bond donors (Lipinski definition) is 1. The molecule has 0 unspecified atom stereocenters. The first-order valence-electron chi connectivity index (χ1n) is 10.4. The van der Waals surface area contributed by atoms with E-state index in [0.29, 0.717) is 40.4 Å². The molecule has 0 amide bonds. The molecule has 7 nitrogen and oxygen atoms in total. The monoisotopic (exact) mass is 521 g/mol. The van der Waals surface area contributed by atoms with Crippen LogP contribution in [0, 0.1) is 6.92 Å². The van der Waals surface area contributed by atoms with E-state index in [0.717, 1.165) is 23.5 Å². The number of oxazole rings is 1. The standard InChI is InChI=1S/C23H18F3N3O4S2/c1-13-28-20(12-33-13)19-10-14(23(24,25)26)2-4-16(19)17-6-8-32-21-11-15(3-5-18(17)21)35(30,31)29-22-27-7-9-34-22/h2-5,7,9-12,17H,6,8H2,1H3,(H,27,29)/t17-/m0/s1. The second-order valence-electron chi connectivity index (χ2n) is 7.88. The van der Waals surface area contributed by atoms with Crippen molar-refractivity contribution < 1.29 is 30.7 Å². The zero-order chi connectivity index (χ0) is 24.8. The van der Waals surface area contributed by atoms with Gasteiger partial charge >= 0.3 is 6.18 Å². The van der Waals surface area contributed by atoms with Gasteiger partial charge in [0.2, 0.25) is 0 Å². The Morgan fingerprint density at radius 1 is 1.14 bits per heavy atom. The summed E-state index contributed by atoms with van der Waals surface area (Å²) in [6, 6.07) is 8.04. The number of aromatic nitrogens is 2. The molecule has 0 fully saturated rings. The Labute approximate surface area is 202 Å². The van der Waals surface area contributed by atoms with E-state index in [-0.39, 0.29) is 22.6 Å². The summed E-state index contributed by atoms with van der Waals surface area (Å²) in [6.45, 7) is 1.88. The van der Waals surface area contributed by atoms with Crippen LogP contribution in [-0.4, -0.2) is 25.0 Å². The van der Waals surface area contributed by atoms with Crippen LogP contribution in [0.1, 0.15) is 34.9 Å². The summed E-state index contributed by atoms with van der Waals surface area (Å²) in [4.78, 5) is 8.17. The van der Waals surface area contributed by atoms with E-state index in [1.165, 1.54) is 30.7 Å². The highest BCUT2D eigenvalue weighted by Crippen LogP contribution is 2.44. The van der Waals surface area contributed by atoms with E-state index in [1.807, 2.05) is 0 Å². The number of fused-ring (bicyclic) bond motifs is 1. The van der Waals surface area contributed by atoms with Crippen molar-refractivity contribution in [2.45, 2.75) is 30.3 Å². The van der Waals surface area contributed by atoms with E-state index in [1.54, 1.807) is 18.4 Å². The molecule has 1 atom stereocenters. The van der Waals surface area contributed by atoms with Crippen LogP contribution >= 0.6 is 11.3 Å². The predicted molar refractivity (Wildman–Crippen MR) is 123 cm³/mol. The summed E-state index contributed by atoms with van der Waals surface area (Å²) in [5.74, 6) is 0.348. The quantitative estimate of drug-likeness (QED) is 0.355. The molecule has 0 radical (unpaired) electrons. The Hall–Kier alpha value is -3.38. The molecule has 35 heavy (non-hydrogen) atoms. The van der Waals surface area contributed by atoms with Gasteiger partial charge in [0, 0.05) is 41.6 Å². The summed E-state index contributed by atoms with van der Waals surface area (Å²) in [6.07, 6.45) is -1.21. The molecule has 0 aliphatic carbocycles. The normalized spacial score (nSPS) is 15.9. The minimum absolute atomic E-state index is 0.00753. The molecule has 12 heteroatoms. The van der Waals surface area contributed by atoms with E-state index in [4.69, 9.17) is 9.15 Å². The van der Waals surface area contributed by atoms with Gasteiger partial charge in [-0.2, -0.15) is 13.2 Å². The lowest BCUT2D eigenvalue weighted by Crippen LogP contribution is -2.18. The van der Waals surface area contributed by atoms with Crippen molar-refractivity contribution >= 4 is 26.5 Å². The van der Waals surface area contributed by atoms with E-state index >= 15 is 0 Å². The molecule has 0 saturated carbocycles. The topological polar surface area (TPSA) is 94.3 Å². The van der Waals surface area contributed by atoms with Gasteiger partial charge in [-0.3, -0.25) is 4.72 Å². The number of nitrogens with one attached hydrogen (secondary N) is 1. The third kappa shape index (κ3) is 4.63. The summed E-state index contributed by atoms with van der Waals surface area (Å²) >= 11 is 1.15. The number of benzene rings is 2. The van der Waals surface area contributed by atoms with Crippen LogP contribution in [0.3, 0.4) is 0 Å². The number of rotatable bonds is 5. The van der Waals surface area contributed by atoms with Crippen molar-refractivity contribution in [2.24, 2.45) is 0 Å². The van der Waals surface area contributed by atoms with Crippen molar-refractivity contribution in [1.82, 2.24) is 9.97 Å². The fourth-order valence-electron chi connectivity index (χ4n) is 4.05. The summed E-state index contributed by atoms with van der Waals surface area (Å²) in [7, 11) is -3.90. The molecule has 4 aromatic rings. The molecule has 5 rings (SSSR count). The van der Waals surface area contributed by atoms with Gasteiger partial charge < -0.3 is 9.15 Å². The van der Waals surface area contributed by atoms with Crippen LogP contribution in [-0.2, 0) is 16.2 Å². The summed E-state index contributed by atoms with van der Waals surface area (Å²) in [5.41, 5.74) is 1.09. The van der Waals surface area contributed by atoms with Crippen molar-refractivity contribution in [2.75, 3.05) is 11.3 Å². The maximum absolute atomic E-state index is 13.5. The van der Waals surface area contributed by atoms with Gasteiger partial charge in [0.05, 0.1) is 17.1 Å². The minimum atomic E-state index is -4.52. The highest BCUT2D eigenvalue weighted by Gasteiger charge is 2.34. The first-order valence-corrected chi connectivity index (χ1v) is 12.8. The maximum Gasteiger partial charge on any atom is 0.416 e. The summed E-state index contributed by atoms with van der Waals surface area (Å²) < 4.78 is 79.4. The lowest BCUT2D eigenvalue weighted by atomic mass is 9.83. The number of sulfonamides is 1. The first kappa shape index (κ1) is 23.4. The fraction of sp³-hybridized carbons (Fsp3) is 0.217. The van der Waals surface area contributed by atoms with E-state index in [2.05, 4.69) is 14.7 Å². The number of anilines is 1. The van der Waals surface area contributed by atoms with Crippen LogP contribution in [0.15, 0.2) is 63.6 Å². The Morgan fingerprint density at radius 3 is 2.63 bits per heavy atom. The molecule has 1 aliphatic rings. The van der Waals surface area contributed by atoms with Gasteiger partial charge in [-0.25, -0.2) is 18.4 Å². The van der Waals surface area contributed by atoms with Crippen molar-refractivity contribution in [1.29, 1.82) is 0 Å². The SMILES string of the molecule is Cc1nc(-c2cc(C(F)(F)F)ccc2[C@@H]2CCOc3cc(S(=O)(=O)Nc4nccs4)ccc32)co1. The van der Waals surface area contributed by atoms with Crippen molar-refractivity contribution in [3.63, 3.8) is 0 Å². The zero-order valence-corrected chi connectivity index (χ0v) is 19.8. The molecule has 0 bridgehead atoms. The van der Waals surface area contributed by atoms with Gasteiger partial charge in [-0.1, -0.05) is 12.1 Å². The largest absolute Gasteiger partial charge is 0.493 e. The third-order valence-electron chi connectivity index (χ3n) is 5.64. The van der Waals surface area contributed by atoms with Gasteiger partial charge in [0.1, 0.15) is 17.7 Å². The number of alkyl halides is 3. The second-order valence-corrected chi connectivity index (χ2v) is 10.5. The van der Waals surface area contributed by atoms with Crippen LogP contribution in [0.5, 0.6) is 5.75 Å². The Kier molecular flexibility index (Phi) is 5.80. The smallest absolute Gasteiger partial charge is 0.416 e. The molecule has 3 heterocycles. The minimum Gasteiger partial charge on any atom is -0.493 e. The molecule has 2 aromatic heterocycles. The molecule has 1 aliphatic heterocycles. The number of hydrogen-bond acceptors (Lipinski definition) is 7. The highest BCUT2D eigenvalue weighted by atomic mass is 32.2. The molecule has 0 spiro atoms. The third-order valence-corrected chi connectivity index (χ3v) is 7.79. The molecular weight excluding hydrogens is 503 g/mol. The molecule has 182 valence electrons. The average Bonchev–Trinajstić information content (AvgIpc) is 3.48. The first-order chi connectivity index (χ1) is 16.6. The second kappa shape index (κ2) is 8.68. The Bertz CT molecular complexity index is 1480. The molecular formula is C23H18F3N3O4S2. The summed E-state index contributed by atoms with van der Waals surface area (Å²) in [5, 5.41) is 1.88. The Balaban J connectivity index is 1.56. The van der Waals surface area contributed by atoms with E-state index in [9.17, 15) is 21.6 Å². The van der Waals surface area contributed by atoms with Gasteiger partial charge in [0.25, 0.3) is 10.0 Å². The average molecular weight is 522 g/mol. The van der Waals surface area contributed by atoms with Crippen molar-refractivity contribution in [3.8, 4) is 17.0 Å². The predicted octanol–water partition coefficient (Wildman–Crippen LogP) is 5.84. The highest BCUT2D eigenvalue weighted by molar-refractivity contribution is 7.93. The van der Waals surface area contributed by atoms with Gasteiger partial charge in [-0.05, 0) is 30.2 Å². The number of thiazole rings is 1. The van der Waals surface area contributed by atoms with Crippen LogP contribution in [0.25, 0.3) is 11.3 Å². The lowest BCUT2D eigenvalue weighted by Gasteiger charge is -2.28. The van der Waals surface area contributed by atoms with Gasteiger partial charge in [-0.15, -0.1) is 11.3 Å². The molecule has 2 aromatic carbocycles. The van der Waals surface area contributed by atoms with Gasteiger partial charge in [0.15, 0.2) is 11.0 Å². The number of ether oxygens (including phenoxy) is 1. The number of aryl methyl sites for hydroxylation is 1. The van der Waals surface area contributed by atoms with Crippen LogP contribution < -0.4 is 9.46 Å². The van der Waals surface area contributed by atoms with E-state index < -0.39 is 21.8 Å². The fourth-order valence-corrected chi connectivity index (χ4v) is 5.86.